The topological polar surface area (TPSA) is 3.24 Å². The fourth-order valence-electron chi connectivity index (χ4n) is 7.43. The minimum absolute atomic E-state index is 0.123. The molecule has 8 aromatic rings. The van der Waals surface area contributed by atoms with E-state index >= 15 is 0 Å². The Balaban J connectivity index is 1.51. The van der Waals surface area contributed by atoms with E-state index in [2.05, 4.69) is 158 Å². The molecule has 0 radical (unpaired) electrons. The van der Waals surface area contributed by atoms with Gasteiger partial charge >= 0.3 is 258 Å². The van der Waals surface area contributed by atoms with Crippen LogP contribution in [-0.2, 0) is 5.41 Å². The summed E-state index contributed by atoms with van der Waals surface area (Å²) in [6, 6.07) is 52.0. The number of para-hydroxylation sites is 1. The van der Waals surface area contributed by atoms with Crippen LogP contribution in [-0.4, -0.2) is 14.5 Å². The molecule has 7 aromatic carbocycles. The van der Waals surface area contributed by atoms with Gasteiger partial charge in [0.1, 0.15) is 0 Å². The van der Waals surface area contributed by atoms with Crippen LogP contribution in [0.2, 0.25) is 0 Å². The third-order valence-electron chi connectivity index (χ3n) is 9.42. The Morgan fingerprint density at radius 2 is 1.26 bits per heavy atom. The summed E-state index contributed by atoms with van der Waals surface area (Å²) >= 11 is 0.287. The van der Waals surface area contributed by atoms with Crippen LogP contribution in [0.1, 0.15) is 25.0 Å². The Morgan fingerprint density at radius 3 is 2.14 bits per heavy atom. The van der Waals surface area contributed by atoms with Crippen LogP contribution >= 0.6 is 0 Å². The molecule has 0 saturated carbocycles. The zero-order valence-electron chi connectivity index (χ0n) is 24.1. The van der Waals surface area contributed by atoms with Gasteiger partial charge in [-0.25, -0.2) is 0 Å². The molecule has 1 aromatic heterocycles. The second-order valence-electron chi connectivity index (χ2n) is 12.1. The summed E-state index contributed by atoms with van der Waals surface area (Å²) < 4.78 is 2.92. The summed E-state index contributed by atoms with van der Waals surface area (Å²) in [6.45, 7) is 4.79. The van der Waals surface area contributed by atoms with Gasteiger partial charge in [0.25, 0.3) is 0 Å². The molecular formula is C41H29NSe. The summed E-state index contributed by atoms with van der Waals surface area (Å²) in [5.74, 6) is 0. The van der Waals surface area contributed by atoms with Gasteiger partial charge in [-0.3, -0.25) is 0 Å². The first-order chi connectivity index (χ1) is 21.1. The second kappa shape index (κ2) is 9.19. The van der Waals surface area contributed by atoms with E-state index in [-0.39, 0.29) is 19.9 Å². The number of rotatable bonds is 3. The molecule has 0 spiro atoms. The zero-order valence-corrected chi connectivity index (χ0v) is 25.8. The van der Waals surface area contributed by atoms with Gasteiger partial charge in [0.2, 0.25) is 0 Å². The molecule has 2 heteroatoms. The molecule has 43 heavy (non-hydrogen) atoms. The molecule has 0 saturated heterocycles. The second-order valence-corrected chi connectivity index (χ2v) is 14.4. The van der Waals surface area contributed by atoms with Crippen molar-refractivity contribution in [2.45, 2.75) is 19.3 Å². The number of hydrogen-bond acceptors (Lipinski definition) is 1. The Hall–Kier alpha value is -4.62. The standard InChI is InChI=1S/C41H29NSe/c1-41(2)33-19-10-8-17-30(33)38-34(41)25-32-28-16-7-6-13-26(28)23-24-29(32)40(38)42(27-14-4-3-5-15-27)35-20-12-22-37-39(35)31-18-9-11-21-36(31)43-37/h3-25H,1-2H3. The van der Waals surface area contributed by atoms with Crippen LogP contribution in [0.25, 0.3) is 52.0 Å². The predicted molar refractivity (Wildman–Crippen MR) is 186 cm³/mol. The summed E-state index contributed by atoms with van der Waals surface area (Å²) in [5, 5.41) is 7.92. The molecule has 0 fully saturated rings. The average molecular weight is 615 g/mol. The Kier molecular flexibility index (Phi) is 5.33. The monoisotopic (exact) mass is 615 g/mol. The molecule has 0 atom stereocenters. The molecule has 0 bridgehead atoms. The van der Waals surface area contributed by atoms with Gasteiger partial charge in [-0.1, -0.05) is 0 Å². The van der Waals surface area contributed by atoms with Crippen molar-refractivity contribution in [3.63, 3.8) is 0 Å². The summed E-state index contributed by atoms with van der Waals surface area (Å²) in [4.78, 5) is 2.57. The van der Waals surface area contributed by atoms with E-state index in [0.717, 1.165) is 0 Å². The van der Waals surface area contributed by atoms with Crippen LogP contribution in [0.15, 0.2) is 140 Å². The maximum absolute atomic E-state index is 2.57. The van der Waals surface area contributed by atoms with E-state index in [1.54, 1.807) is 0 Å². The van der Waals surface area contributed by atoms with Gasteiger partial charge < -0.3 is 0 Å². The van der Waals surface area contributed by atoms with Crippen molar-refractivity contribution in [1.29, 1.82) is 0 Å². The molecule has 1 aliphatic carbocycles. The van der Waals surface area contributed by atoms with E-state index in [1.165, 1.54) is 80.2 Å². The SMILES string of the molecule is CC1(C)c2ccccc2-c2c1cc1c(ccc3ccccc31)c2N(c1ccccc1)c1cccc2[se]c3ccccc3c12. The number of anilines is 3. The number of fused-ring (bicyclic) bond motifs is 9. The first kappa shape index (κ1) is 24.9. The zero-order chi connectivity index (χ0) is 28.7. The van der Waals surface area contributed by atoms with E-state index in [1.807, 2.05) is 0 Å². The van der Waals surface area contributed by atoms with E-state index in [4.69, 9.17) is 0 Å². The molecule has 0 aliphatic heterocycles. The van der Waals surface area contributed by atoms with Gasteiger partial charge in [0.05, 0.1) is 0 Å². The quantitative estimate of drug-likeness (QED) is 0.141. The number of hydrogen-bond donors (Lipinski definition) is 0. The Bertz CT molecular complexity index is 2380. The third kappa shape index (κ3) is 3.51. The van der Waals surface area contributed by atoms with Crippen LogP contribution in [0, 0.1) is 0 Å². The van der Waals surface area contributed by atoms with Crippen LogP contribution in [0.3, 0.4) is 0 Å². The summed E-state index contributed by atoms with van der Waals surface area (Å²) in [5.41, 5.74) is 9.05. The van der Waals surface area contributed by atoms with Gasteiger partial charge in [0, 0.05) is 0 Å². The summed E-state index contributed by atoms with van der Waals surface area (Å²) in [6.07, 6.45) is 0. The van der Waals surface area contributed by atoms with Crippen LogP contribution in [0.4, 0.5) is 17.1 Å². The van der Waals surface area contributed by atoms with E-state index in [9.17, 15) is 0 Å². The molecule has 1 nitrogen and oxygen atoms in total. The molecule has 0 N–H and O–H groups in total. The molecule has 1 heterocycles. The van der Waals surface area contributed by atoms with Gasteiger partial charge in [-0.05, 0) is 0 Å². The summed E-state index contributed by atoms with van der Waals surface area (Å²) in [7, 11) is 0. The van der Waals surface area contributed by atoms with Crippen molar-refractivity contribution in [2.24, 2.45) is 0 Å². The average Bonchev–Trinajstić information content (AvgIpc) is 3.54. The molecule has 204 valence electrons. The van der Waals surface area contributed by atoms with Crippen molar-refractivity contribution in [3.05, 3.63) is 151 Å². The molecule has 9 rings (SSSR count). The van der Waals surface area contributed by atoms with Crippen molar-refractivity contribution >= 4 is 72.4 Å². The molecule has 0 unspecified atom stereocenters. The first-order valence-electron chi connectivity index (χ1n) is 15.0. The third-order valence-corrected chi connectivity index (χ3v) is 11.8. The van der Waals surface area contributed by atoms with Crippen molar-refractivity contribution in [1.82, 2.24) is 0 Å². The Labute approximate surface area is 257 Å². The van der Waals surface area contributed by atoms with Crippen LogP contribution in [0.5, 0.6) is 0 Å². The van der Waals surface area contributed by atoms with Crippen LogP contribution < -0.4 is 4.90 Å². The fourth-order valence-corrected chi connectivity index (χ4v) is 9.80. The number of benzene rings is 7. The molecule has 0 amide bonds. The van der Waals surface area contributed by atoms with Gasteiger partial charge in [-0.15, -0.1) is 0 Å². The Morgan fingerprint density at radius 1 is 0.535 bits per heavy atom. The predicted octanol–water partition coefficient (Wildman–Crippen LogP) is 11.1. The van der Waals surface area contributed by atoms with Crippen molar-refractivity contribution in [2.75, 3.05) is 4.90 Å². The molecular weight excluding hydrogens is 585 g/mol. The maximum atomic E-state index is 2.57. The number of nitrogens with zero attached hydrogens (tertiary/aromatic N) is 1. The normalized spacial score (nSPS) is 13.5. The fraction of sp³-hybridized carbons (Fsp3) is 0.0732. The van der Waals surface area contributed by atoms with Gasteiger partial charge in [-0.2, -0.15) is 0 Å². The molecule has 1 aliphatic rings. The van der Waals surface area contributed by atoms with Crippen molar-refractivity contribution in [3.8, 4) is 11.1 Å². The first-order valence-corrected chi connectivity index (χ1v) is 16.7. The van der Waals surface area contributed by atoms with E-state index in [0.29, 0.717) is 0 Å². The van der Waals surface area contributed by atoms with Gasteiger partial charge in [0.15, 0.2) is 0 Å². The minimum atomic E-state index is -0.123. The van der Waals surface area contributed by atoms with E-state index < -0.39 is 0 Å². The van der Waals surface area contributed by atoms with Crippen molar-refractivity contribution < 1.29 is 0 Å².